The van der Waals surface area contributed by atoms with E-state index < -0.39 is 38.0 Å². The van der Waals surface area contributed by atoms with Gasteiger partial charge in [0.25, 0.3) is 5.56 Å². The zero-order valence-corrected chi connectivity index (χ0v) is 28.7. The molecule has 16 heteroatoms. The molecule has 2 aliphatic rings. The van der Waals surface area contributed by atoms with Crippen LogP contribution in [0.2, 0.25) is 0 Å². The molecule has 1 saturated heterocycles. The monoisotopic (exact) mass is 704 g/mol. The first kappa shape index (κ1) is 34.6. The maximum atomic E-state index is 15.1. The van der Waals surface area contributed by atoms with Gasteiger partial charge in [0, 0.05) is 26.2 Å². The number of nitrogens with one attached hydrogen (secondary N) is 1. The number of halogens is 1. The van der Waals surface area contributed by atoms with E-state index in [1.165, 1.54) is 47.6 Å². The number of anilines is 2. The summed E-state index contributed by atoms with van der Waals surface area (Å²) in [6, 6.07) is 8.45. The normalized spacial score (nSPS) is 15.8. The molecule has 2 fully saturated rings. The van der Waals surface area contributed by atoms with Crippen LogP contribution >= 0.6 is 0 Å². The smallest absolute Gasteiger partial charge is 0.410 e. The summed E-state index contributed by atoms with van der Waals surface area (Å²) in [4.78, 5) is 42.8. The second-order valence-electron chi connectivity index (χ2n) is 13.2. The summed E-state index contributed by atoms with van der Waals surface area (Å²) in [6.45, 7) is 7.35. The fourth-order valence-electron chi connectivity index (χ4n) is 5.95. The van der Waals surface area contributed by atoms with E-state index >= 15 is 4.39 Å². The number of aromatic nitrogens is 4. The molecule has 6 rings (SSSR count). The predicted octanol–water partition coefficient (Wildman–Crippen LogP) is 5.11. The van der Waals surface area contributed by atoms with Gasteiger partial charge in [-0.25, -0.2) is 32.6 Å². The van der Waals surface area contributed by atoms with Crippen molar-refractivity contribution in [3.05, 3.63) is 70.8 Å². The van der Waals surface area contributed by atoms with Crippen molar-refractivity contribution in [2.24, 2.45) is 0 Å². The first-order valence-electron chi connectivity index (χ1n) is 16.3. The molecule has 0 spiro atoms. The molecule has 1 aliphatic carbocycles. The van der Waals surface area contributed by atoms with Crippen LogP contribution in [0.4, 0.5) is 20.8 Å². The van der Waals surface area contributed by atoms with E-state index in [1.54, 1.807) is 4.90 Å². The number of nitriles is 1. The minimum absolute atomic E-state index is 0.0361. The molecule has 1 amide bonds. The number of fused-ring (bicyclic) bond motifs is 1. The number of benzene rings is 2. The average molecular weight is 705 g/mol. The summed E-state index contributed by atoms with van der Waals surface area (Å²) in [5, 5.41) is 9.47. The minimum atomic E-state index is -3.82. The van der Waals surface area contributed by atoms with Crippen molar-refractivity contribution in [1.29, 1.82) is 5.26 Å². The summed E-state index contributed by atoms with van der Waals surface area (Å²) in [6.07, 6.45) is 7.53. The SMILES string of the molecule is CC(C)(C)OC(=O)N1CCN(c2ncc(-n3cnc4ccc(Oc5c(F)ccc(NS(=O)(=O)C6CCCCC6)c5C#N)cc4c3=O)cn2)CC1. The molecular formula is C34H37FN8O6S. The highest BCUT2D eigenvalue weighted by Gasteiger charge is 2.30. The lowest BCUT2D eigenvalue weighted by Gasteiger charge is -2.35. The first-order valence-corrected chi connectivity index (χ1v) is 17.9. The van der Waals surface area contributed by atoms with Gasteiger partial charge in [-0.05, 0) is 63.9 Å². The van der Waals surface area contributed by atoms with Gasteiger partial charge in [0.15, 0.2) is 11.6 Å². The predicted molar refractivity (Wildman–Crippen MR) is 184 cm³/mol. The summed E-state index contributed by atoms with van der Waals surface area (Å²) < 4.78 is 56.2. The van der Waals surface area contributed by atoms with Crippen molar-refractivity contribution in [2.45, 2.75) is 63.7 Å². The van der Waals surface area contributed by atoms with E-state index in [0.717, 1.165) is 25.3 Å². The third kappa shape index (κ3) is 7.47. The molecule has 3 heterocycles. The fourth-order valence-corrected chi connectivity index (χ4v) is 7.55. The Hall–Kier alpha value is -5.30. The van der Waals surface area contributed by atoms with Gasteiger partial charge in [0.05, 0.1) is 39.9 Å². The molecule has 2 aromatic heterocycles. The lowest BCUT2D eigenvalue weighted by atomic mass is 10.0. The number of sulfonamides is 1. The average Bonchev–Trinajstić information content (AvgIpc) is 3.10. The molecule has 1 saturated carbocycles. The van der Waals surface area contributed by atoms with Crippen LogP contribution in [0.15, 0.2) is 53.8 Å². The summed E-state index contributed by atoms with van der Waals surface area (Å²) in [7, 11) is -3.82. The number of carbonyl (C=O) groups excluding carboxylic acids is 1. The molecule has 0 bridgehead atoms. The molecular weight excluding hydrogens is 667 g/mol. The number of ether oxygens (including phenoxy) is 2. The van der Waals surface area contributed by atoms with E-state index in [-0.39, 0.29) is 28.5 Å². The topological polar surface area (TPSA) is 173 Å². The highest BCUT2D eigenvalue weighted by molar-refractivity contribution is 7.93. The highest BCUT2D eigenvalue weighted by atomic mass is 32.2. The van der Waals surface area contributed by atoms with Crippen LogP contribution in [0.1, 0.15) is 58.4 Å². The Balaban J connectivity index is 1.20. The molecule has 1 N–H and O–H groups in total. The maximum Gasteiger partial charge on any atom is 0.410 e. The van der Waals surface area contributed by atoms with Crippen molar-refractivity contribution in [3.63, 3.8) is 0 Å². The van der Waals surface area contributed by atoms with E-state index in [1.807, 2.05) is 31.7 Å². The number of piperazine rings is 1. The van der Waals surface area contributed by atoms with Crippen molar-refractivity contribution in [1.82, 2.24) is 24.4 Å². The third-order valence-corrected chi connectivity index (χ3v) is 10.4. The van der Waals surface area contributed by atoms with E-state index in [2.05, 4.69) is 19.7 Å². The van der Waals surface area contributed by atoms with Crippen molar-refractivity contribution in [2.75, 3.05) is 35.8 Å². The van der Waals surface area contributed by atoms with Gasteiger partial charge < -0.3 is 19.3 Å². The Labute approximate surface area is 288 Å². The molecule has 0 radical (unpaired) electrons. The van der Waals surface area contributed by atoms with Crippen LogP contribution in [0.25, 0.3) is 16.6 Å². The largest absolute Gasteiger partial charge is 0.453 e. The Morgan fingerprint density at radius 3 is 2.38 bits per heavy atom. The Kier molecular flexibility index (Phi) is 9.61. The van der Waals surface area contributed by atoms with E-state index in [9.17, 15) is 23.3 Å². The number of amides is 1. The van der Waals surface area contributed by atoms with Crippen LogP contribution in [-0.2, 0) is 14.8 Å². The second-order valence-corrected chi connectivity index (χ2v) is 15.2. The van der Waals surface area contributed by atoms with Crippen molar-refractivity contribution >= 4 is 38.7 Å². The van der Waals surface area contributed by atoms with Crippen molar-refractivity contribution in [3.8, 4) is 23.3 Å². The zero-order chi connectivity index (χ0) is 35.6. The number of rotatable bonds is 7. The number of nitrogens with zero attached hydrogens (tertiary/aromatic N) is 7. The molecule has 262 valence electrons. The second kappa shape index (κ2) is 13.9. The number of hydrogen-bond donors (Lipinski definition) is 1. The molecule has 0 atom stereocenters. The molecule has 1 aliphatic heterocycles. The van der Waals surface area contributed by atoms with Crippen LogP contribution < -0.4 is 19.9 Å². The van der Waals surface area contributed by atoms with Crippen LogP contribution in [0, 0.1) is 17.1 Å². The Bertz CT molecular complexity index is 2120. The number of carbonyl (C=O) groups is 1. The van der Waals surface area contributed by atoms with Gasteiger partial charge >= 0.3 is 6.09 Å². The Morgan fingerprint density at radius 1 is 1.02 bits per heavy atom. The highest BCUT2D eigenvalue weighted by Crippen LogP contribution is 2.35. The Morgan fingerprint density at radius 2 is 1.72 bits per heavy atom. The first-order chi connectivity index (χ1) is 23.8. The van der Waals surface area contributed by atoms with Gasteiger partial charge in [-0.3, -0.25) is 14.1 Å². The van der Waals surface area contributed by atoms with Crippen LogP contribution in [0.3, 0.4) is 0 Å². The van der Waals surface area contributed by atoms with Gasteiger partial charge in [0.2, 0.25) is 16.0 Å². The van der Waals surface area contributed by atoms with Crippen LogP contribution in [-0.4, -0.2) is 76.0 Å². The zero-order valence-electron chi connectivity index (χ0n) is 27.9. The van der Waals surface area contributed by atoms with Crippen molar-refractivity contribution < 1.29 is 27.1 Å². The molecule has 14 nitrogen and oxygen atoms in total. The lowest BCUT2D eigenvalue weighted by molar-refractivity contribution is 0.0240. The van der Waals surface area contributed by atoms with E-state index in [4.69, 9.17) is 9.47 Å². The molecule has 2 aromatic carbocycles. The molecule has 4 aromatic rings. The standard InChI is InChI=1S/C34H37FN8O6S/c1-34(2,3)49-33(45)42-15-13-41(14-16-42)32-37-19-22(20-38-32)43-21-39-28-11-9-23(17-25(28)31(43)44)48-30-26(18-36)29(12-10-27(30)35)40-50(46,47)24-7-5-4-6-8-24/h9-12,17,19-21,24,40H,4-8,13-16H2,1-3H3. The summed E-state index contributed by atoms with van der Waals surface area (Å²) in [5.74, 6) is -0.882. The molecule has 0 unspecified atom stereocenters. The third-order valence-electron chi connectivity index (χ3n) is 8.53. The lowest BCUT2D eigenvalue weighted by Crippen LogP contribution is -2.50. The van der Waals surface area contributed by atoms with Gasteiger partial charge in [0.1, 0.15) is 29.3 Å². The quantitative estimate of drug-likeness (QED) is 0.271. The fraction of sp³-hybridized carbons (Fsp3) is 0.412. The minimum Gasteiger partial charge on any atom is -0.453 e. The summed E-state index contributed by atoms with van der Waals surface area (Å²) in [5.41, 5.74) is -0.778. The van der Waals surface area contributed by atoms with Gasteiger partial charge in [-0.15, -0.1) is 0 Å². The van der Waals surface area contributed by atoms with Gasteiger partial charge in [-0.1, -0.05) is 19.3 Å². The van der Waals surface area contributed by atoms with E-state index in [0.29, 0.717) is 56.2 Å². The molecule has 50 heavy (non-hydrogen) atoms. The summed E-state index contributed by atoms with van der Waals surface area (Å²) >= 11 is 0. The van der Waals surface area contributed by atoms with Gasteiger partial charge in [-0.2, -0.15) is 5.26 Å². The van der Waals surface area contributed by atoms with Crippen LogP contribution in [0.5, 0.6) is 11.5 Å². The number of hydrogen-bond acceptors (Lipinski definition) is 11. The maximum absolute atomic E-state index is 15.1.